The number of hydrogen-bond donors (Lipinski definition) is 2. The molecule has 1 heterocycles. The molecule has 0 saturated heterocycles. The van der Waals surface area contributed by atoms with E-state index in [1.807, 2.05) is 18.2 Å². The number of anilines is 1. The Labute approximate surface area is 129 Å². The van der Waals surface area contributed by atoms with Crippen molar-refractivity contribution in [3.8, 4) is 0 Å². The van der Waals surface area contributed by atoms with Crippen molar-refractivity contribution in [1.29, 1.82) is 0 Å². The largest absolute Gasteiger partial charge is 1.00 e. The minimum Gasteiger partial charge on any atom is -1.00 e. The number of nitrogens with zero attached hydrogens (tertiary/aromatic N) is 2. The highest BCUT2D eigenvalue weighted by molar-refractivity contribution is 5.48. The topological polar surface area (TPSA) is 80.1 Å². The first kappa shape index (κ1) is 16.9. The standard InChI is InChI=1S/C14H16N4O2.ClH/c19-18(20)14-6-4-12(5-7-14)17-10-9-15-11-13-3-1-2-8-16-13;/h1-8,15,17H,9-11H2;1H/p-1. The predicted octanol–water partition coefficient (Wildman–Crippen LogP) is -0.804. The van der Waals surface area contributed by atoms with Crippen LogP contribution in [0.5, 0.6) is 0 Å². The monoisotopic (exact) mass is 307 g/mol. The van der Waals surface area contributed by atoms with Crippen LogP contribution in [0.25, 0.3) is 0 Å². The first-order valence-electron chi connectivity index (χ1n) is 6.34. The Balaban J connectivity index is 0.00000220. The molecule has 112 valence electrons. The third kappa shape index (κ3) is 5.76. The molecule has 0 saturated carbocycles. The van der Waals surface area contributed by atoms with Crippen LogP contribution in [0, 0.1) is 10.1 Å². The summed E-state index contributed by atoms with van der Waals surface area (Å²) in [6, 6.07) is 12.2. The van der Waals surface area contributed by atoms with Crippen molar-refractivity contribution in [2.24, 2.45) is 0 Å². The molecule has 0 aliphatic rings. The van der Waals surface area contributed by atoms with E-state index in [0.717, 1.165) is 31.0 Å². The molecule has 1 aromatic heterocycles. The van der Waals surface area contributed by atoms with Crippen LogP contribution in [-0.2, 0) is 6.54 Å². The summed E-state index contributed by atoms with van der Waals surface area (Å²) in [7, 11) is 0. The second kappa shape index (κ2) is 8.89. The van der Waals surface area contributed by atoms with Gasteiger partial charge in [-0.25, -0.2) is 0 Å². The fourth-order valence-corrected chi connectivity index (χ4v) is 1.72. The SMILES string of the molecule is O=[N+]([O-])c1ccc(NCCNCc2ccccn2)cc1.[Cl-]. The third-order valence-corrected chi connectivity index (χ3v) is 2.74. The molecule has 21 heavy (non-hydrogen) atoms. The normalized spacial score (nSPS) is 9.71. The molecule has 0 atom stereocenters. The summed E-state index contributed by atoms with van der Waals surface area (Å²) < 4.78 is 0. The molecule has 0 radical (unpaired) electrons. The Morgan fingerprint density at radius 1 is 1.10 bits per heavy atom. The number of rotatable bonds is 7. The zero-order chi connectivity index (χ0) is 14.2. The molecule has 1 aromatic carbocycles. The maximum atomic E-state index is 10.5. The summed E-state index contributed by atoms with van der Waals surface area (Å²) in [5, 5.41) is 17.0. The molecule has 0 fully saturated rings. The molecule has 0 amide bonds. The summed E-state index contributed by atoms with van der Waals surface area (Å²) in [5.41, 5.74) is 1.97. The zero-order valence-electron chi connectivity index (χ0n) is 11.3. The Bertz CT molecular complexity index is 549. The van der Waals surface area contributed by atoms with Crippen LogP contribution in [0.1, 0.15) is 5.69 Å². The van der Waals surface area contributed by atoms with Crippen LogP contribution in [0.15, 0.2) is 48.7 Å². The molecule has 0 aliphatic heterocycles. The molecule has 0 unspecified atom stereocenters. The van der Waals surface area contributed by atoms with Gasteiger partial charge in [0.1, 0.15) is 0 Å². The van der Waals surface area contributed by atoms with Crippen molar-refractivity contribution < 1.29 is 17.3 Å². The maximum absolute atomic E-state index is 10.5. The van der Waals surface area contributed by atoms with Crippen LogP contribution in [0.2, 0.25) is 0 Å². The van der Waals surface area contributed by atoms with E-state index in [9.17, 15) is 10.1 Å². The Morgan fingerprint density at radius 2 is 1.86 bits per heavy atom. The van der Waals surface area contributed by atoms with Gasteiger partial charge in [0.25, 0.3) is 5.69 Å². The van der Waals surface area contributed by atoms with Crippen molar-refractivity contribution in [1.82, 2.24) is 10.3 Å². The Morgan fingerprint density at radius 3 is 2.48 bits per heavy atom. The number of nitrogens with one attached hydrogen (secondary N) is 2. The van der Waals surface area contributed by atoms with E-state index in [-0.39, 0.29) is 18.1 Å². The average Bonchev–Trinajstić information content (AvgIpc) is 2.48. The van der Waals surface area contributed by atoms with Gasteiger partial charge in [0.05, 0.1) is 10.6 Å². The van der Waals surface area contributed by atoms with Crippen LogP contribution in [0.3, 0.4) is 0 Å². The Hall–Kier alpha value is -2.18. The number of nitro groups is 1. The summed E-state index contributed by atoms with van der Waals surface area (Å²) in [6.45, 7) is 2.25. The summed E-state index contributed by atoms with van der Waals surface area (Å²) in [5.74, 6) is 0. The van der Waals surface area contributed by atoms with Gasteiger partial charge in [-0.15, -0.1) is 0 Å². The Kier molecular flexibility index (Phi) is 7.14. The van der Waals surface area contributed by atoms with Gasteiger partial charge in [-0.3, -0.25) is 15.1 Å². The highest BCUT2D eigenvalue weighted by atomic mass is 35.5. The molecular weight excluding hydrogens is 292 g/mol. The molecule has 0 spiro atoms. The van der Waals surface area contributed by atoms with Gasteiger partial charge in [0.15, 0.2) is 0 Å². The maximum Gasteiger partial charge on any atom is 0.269 e. The smallest absolute Gasteiger partial charge is 0.269 e. The highest BCUT2D eigenvalue weighted by Crippen LogP contribution is 2.14. The lowest BCUT2D eigenvalue weighted by molar-refractivity contribution is -0.384. The molecule has 0 aliphatic carbocycles. The second-order valence-corrected chi connectivity index (χ2v) is 4.23. The fourth-order valence-electron chi connectivity index (χ4n) is 1.72. The number of pyridine rings is 1. The van der Waals surface area contributed by atoms with E-state index in [4.69, 9.17) is 0 Å². The number of non-ortho nitro benzene ring substituents is 1. The zero-order valence-corrected chi connectivity index (χ0v) is 12.1. The lowest BCUT2D eigenvalue weighted by atomic mass is 10.3. The van der Waals surface area contributed by atoms with Crippen molar-refractivity contribution in [2.75, 3.05) is 18.4 Å². The van der Waals surface area contributed by atoms with Gasteiger partial charge in [0.2, 0.25) is 0 Å². The minimum absolute atomic E-state index is 0. The number of halogens is 1. The molecule has 7 heteroatoms. The molecule has 2 rings (SSSR count). The quantitative estimate of drug-likeness (QED) is 0.397. The van der Waals surface area contributed by atoms with Gasteiger partial charge in [-0.05, 0) is 24.3 Å². The lowest BCUT2D eigenvalue weighted by Crippen LogP contribution is -3.00. The molecule has 2 N–H and O–H groups in total. The summed E-state index contributed by atoms with van der Waals surface area (Å²) in [4.78, 5) is 14.3. The minimum atomic E-state index is -0.405. The van der Waals surface area contributed by atoms with Crippen LogP contribution >= 0.6 is 0 Å². The summed E-state index contributed by atoms with van der Waals surface area (Å²) >= 11 is 0. The van der Waals surface area contributed by atoms with Gasteiger partial charge < -0.3 is 23.0 Å². The highest BCUT2D eigenvalue weighted by Gasteiger charge is 2.03. The van der Waals surface area contributed by atoms with Crippen molar-refractivity contribution in [3.63, 3.8) is 0 Å². The van der Waals surface area contributed by atoms with E-state index in [1.54, 1.807) is 18.3 Å². The average molecular weight is 308 g/mol. The van der Waals surface area contributed by atoms with E-state index in [2.05, 4.69) is 15.6 Å². The summed E-state index contributed by atoms with van der Waals surface area (Å²) in [6.07, 6.45) is 1.77. The fraction of sp³-hybridized carbons (Fsp3) is 0.214. The third-order valence-electron chi connectivity index (χ3n) is 2.74. The first-order chi connectivity index (χ1) is 9.75. The van der Waals surface area contributed by atoms with Crippen molar-refractivity contribution >= 4 is 11.4 Å². The van der Waals surface area contributed by atoms with E-state index >= 15 is 0 Å². The van der Waals surface area contributed by atoms with Crippen LogP contribution in [0.4, 0.5) is 11.4 Å². The van der Waals surface area contributed by atoms with Gasteiger partial charge in [-0.1, -0.05) is 6.07 Å². The van der Waals surface area contributed by atoms with E-state index in [0.29, 0.717) is 0 Å². The van der Waals surface area contributed by atoms with E-state index in [1.165, 1.54) is 12.1 Å². The predicted molar refractivity (Wildman–Crippen MR) is 77.5 cm³/mol. The van der Waals surface area contributed by atoms with Crippen molar-refractivity contribution in [3.05, 3.63) is 64.5 Å². The second-order valence-electron chi connectivity index (χ2n) is 4.23. The number of nitro benzene ring substituents is 1. The number of benzene rings is 1. The van der Waals surface area contributed by atoms with Gasteiger partial charge in [0, 0.05) is 43.7 Å². The van der Waals surface area contributed by atoms with E-state index < -0.39 is 4.92 Å². The molecule has 6 nitrogen and oxygen atoms in total. The first-order valence-corrected chi connectivity index (χ1v) is 6.34. The molecule has 2 aromatic rings. The lowest BCUT2D eigenvalue weighted by Gasteiger charge is -2.07. The van der Waals surface area contributed by atoms with Crippen LogP contribution in [-0.4, -0.2) is 23.0 Å². The molecule has 0 bridgehead atoms. The number of hydrogen-bond acceptors (Lipinski definition) is 5. The van der Waals surface area contributed by atoms with Crippen LogP contribution < -0.4 is 23.0 Å². The van der Waals surface area contributed by atoms with Crippen molar-refractivity contribution in [2.45, 2.75) is 6.54 Å². The molecular formula is C14H16ClN4O2-. The van der Waals surface area contributed by atoms with Gasteiger partial charge >= 0.3 is 0 Å². The van der Waals surface area contributed by atoms with Gasteiger partial charge in [-0.2, -0.15) is 0 Å². The number of aromatic nitrogens is 1.